The van der Waals surface area contributed by atoms with Gasteiger partial charge in [-0.15, -0.1) is 0 Å². The fraction of sp³-hybridized carbons (Fsp3) is 0.479. The van der Waals surface area contributed by atoms with E-state index in [1.54, 1.807) is 46.4 Å². The van der Waals surface area contributed by atoms with Gasteiger partial charge in [-0.25, -0.2) is 19.2 Å². The van der Waals surface area contributed by atoms with Crippen molar-refractivity contribution in [2.45, 2.75) is 201 Å². The number of nitrogens with zero attached hydrogens (tertiary/aromatic N) is 4. The molecule has 0 bridgehead atoms. The van der Waals surface area contributed by atoms with Gasteiger partial charge in [0.25, 0.3) is 0 Å². The van der Waals surface area contributed by atoms with E-state index >= 15 is 0 Å². The molecule has 4 amide bonds. The Morgan fingerprint density at radius 3 is 1.07 bits per heavy atom. The van der Waals surface area contributed by atoms with E-state index < -0.39 is 77.9 Å². The molecule has 1 aliphatic carbocycles. The highest BCUT2D eigenvalue weighted by atomic mass is 16.6. The number of aliphatic hydroxyl groups excluding tert-OH is 2. The number of fused-ring (bicyclic) bond motifs is 5. The van der Waals surface area contributed by atoms with Crippen LogP contribution in [0.3, 0.4) is 0 Å². The van der Waals surface area contributed by atoms with Gasteiger partial charge in [0.15, 0.2) is 0 Å². The molecule has 10 rings (SSSR count). The summed E-state index contributed by atoms with van der Waals surface area (Å²) in [6.07, 6.45) is 2.46. The van der Waals surface area contributed by atoms with E-state index in [2.05, 4.69) is 12.1 Å². The molecule has 6 atom stereocenters. The highest BCUT2D eigenvalue weighted by Crippen LogP contribution is 2.30. The van der Waals surface area contributed by atoms with Gasteiger partial charge in [-0.3, -0.25) is 19.6 Å². The van der Waals surface area contributed by atoms with Gasteiger partial charge >= 0.3 is 24.4 Å². The molecule has 88 heavy (non-hydrogen) atoms. The van der Waals surface area contributed by atoms with E-state index in [4.69, 9.17) is 23.1 Å². The van der Waals surface area contributed by atoms with Gasteiger partial charge in [0, 0.05) is 31.8 Å². The lowest BCUT2D eigenvalue weighted by Crippen LogP contribution is -2.48. The van der Waals surface area contributed by atoms with Crippen LogP contribution in [0.2, 0.25) is 0 Å². The number of hydrogen-bond donors (Lipinski definition) is 2. The summed E-state index contributed by atoms with van der Waals surface area (Å²) >= 11 is 0. The third-order valence-corrected chi connectivity index (χ3v) is 14.9. The zero-order chi connectivity index (χ0) is 67.2. The quantitative estimate of drug-likeness (QED) is 0.124. The van der Waals surface area contributed by atoms with Crippen molar-refractivity contribution in [3.63, 3.8) is 0 Å². The predicted octanol–water partition coefficient (Wildman–Crippen LogP) is 11.8. The SMILES string of the molecule is CC(C)(C)OC(=O)N1Cc2ccccc2CC1C=O.CC(C)(C)OC(=O)N1Cc2ccccc2CC1CO.[2H]C(=O)C1CCc2ccccc2C1.[2H]C(=O)C1Cc2ccccc2CN1C(=O)OC(C)(C)C.[2H]C(O)C1Cc2ccccc2CN1C(=O)OC(C)(C)C. The number of aryl methyl sites for hydroxylation is 1. The number of carbonyl (C=O) groups is 7. The fourth-order valence-electron chi connectivity index (χ4n) is 10.6. The molecule has 474 valence electrons. The monoisotopic (exact) mass is 1210 g/mol. The number of rotatable bonds is 5. The molecular formula is C71H92N4O13. The van der Waals surface area contributed by atoms with Crippen LogP contribution in [-0.4, -0.2) is 133 Å². The van der Waals surface area contributed by atoms with Crippen LogP contribution in [-0.2, 0) is 98.0 Å². The lowest BCUT2D eigenvalue weighted by atomic mass is 9.85. The molecule has 0 saturated heterocycles. The van der Waals surface area contributed by atoms with E-state index in [0.29, 0.717) is 51.9 Å². The summed E-state index contributed by atoms with van der Waals surface area (Å²) < 4.78 is 43.5. The van der Waals surface area contributed by atoms with Gasteiger partial charge in [0.1, 0.15) is 44.0 Å². The zero-order valence-electron chi connectivity index (χ0n) is 56.2. The Bertz CT molecular complexity index is 3330. The summed E-state index contributed by atoms with van der Waals surface area (Å²) in [4.78, 5) is 88.3. The zero-order valence-corrected chi connectivity index (χ0v) is 53.2. The minimum absolute atomic E-state index is 0.0480. The topological polar surface area (TPSA) is 210 Å². The average Bonchev–Trinajstić information content (AvgIpc) is 0.938. The number of amides is 4. The number of aliphatic hydroxyl groups is 2. The van der Waals surface area contributed by atoms with Gasteiger partial charge in [0.2, 0.25) is 0 Å². The first-order valence-electron chi connectivity index (χ1n) is 31.7. The Kier molecular flexibility index (Phi) is 22.6. The third-order valence-electron chi connectivity index (χ3n) is 14.9. The lowest BCUT2D eigenvalue weighted by molar-refractivity contribution is -0.113. The van der Waals surface area contributed by atoms with Crippen LogP contribution in [0.25, 0.3) is 0 Å². The molecule has 17 nitrogen and oxygen atoms in total. The Balaban J connectivity index is 0.000000182. The maximum atomic E-state index is 12.2. The van der Waals surface area contributed by atoms with Crippen LogP contribution in [0.15, 0.2) is 121 Å². The molecule has 2 N–H and O–H groups in total. The molecule has 4 aliphatic heterocycles. The minimum atomic E-state index is -1.34. The predicted molar refractivity (Wildman–Crippen MR) is 337 cm³/mol. The Hall–Kier alpha value is -7.89. The van der Waals surface area contributed by atoms with Crippen molar-refractivity contribution in [2.24, 2.45) is 5.92 Å². The normalized spacial score (nSPS) is 20.0. The second-order valence-corrected chi connectivity index (χ2v) is 26.5. The van der Waals surface area contributed by atoms with Gasteiger partial charge in [-0.2, -0.15) is 0 Å². The molecule has 0 radical (unpaired) electrons. The van der Waals surface area contributed by atoms with E-state index in [0.717, 1.165) is 64.5 Å². The van der Waals surface area contributed by atoms with Crippen molar-refractivity contribution < 1.29 is 66.8 Å². The Labute approximate surface area is 524 Å². The van der Waals surface area contributed by atoms with E-state index in [1.807, 2.05) is 151 Å². The summed E-state index contributed by atoms with van der Waals surface area (Å²) in [5.74, 6) is -0.0603. The second kappa shape index (κ2) is 30.8. The summed E-state index contributed by atoms with van der Waals surface area (Å²) in [5.41, 5.74) is 8.95. The lowest BCUT2D eigenvalue weighted by Gasteiger charge is -2.36. The third kappa shape index (κ3) is 20.6. The molecule has 5 aromatic carbocycles. The van der Waals surface area contributed by atoms with E-state index in [9.17, 15) is 43.8 Å². The summed E-state index contributed by atoms with van der Waals surface area (Å²) in [5, 5.41) is 19.1. The first-order chi connectivity index (χ1) is 42.6. The van der Waals surface area contributed by atoms with Crippen molar-refractivity contribution in [2.75, 3.05) is 13.2 Å². The van der Waals surface area contributed by atoms with Crippen molar-refractivity contribution in [1.29, 1.82) is 0 Å². The number of benzene rings is 5. The first-order valence-corrected chi connectivity index (χ1v) is 30.1. The molecule has 4 heterocycles. The maximum absolute atomic E-state index is 12.2. The van der Waals surface area contributed by atoms with Gasteiger partial charge in [0.05, 0.1) is 51.8 Å². The van der Waals surface area contributed by atoms with Crippen LogP contribution < -0.4 is 0 Å². The second-order valence-electron chi connectivity index (χ2n) is 26.5. The summed E-state index contributed by atoms with van der Waals surface area (Å²) in [6, 6.07) is 37.5. The van der Waals surface area contributed by atoms with Crippen molar-refractivity contribution >= 4 is 43.2 Å². The summed E-state index contributed by atoms with van der Waals surface area (Å²) in [7, 11) is 0. The van der Waals surface area contributed by atoms with E-state index in [1.165, 1.54) is 31.4 Å². The smallest absolute Gasteiger partial charge is 0.411 e. The molecule has 6 unspecified atom stereocenters. The fourth-order valence-corrected chi connectivity index (χ4v) is 10.6. The van der Waals surface area contributed by atoms with Crippen LogP contribution in [0.4, 0.5) is 19.2 Å². The molecule has 0 spiro atoms. The molecule has 0 aromatic heterocycles. The molecular weight excluding hydrogens is 1120 g/mol. The van der Waals surface area contributed by atoms with Crippen molar-refractivity contribution in [3.05, 3.63) is 177 Å². The molecule has 5 aliphatic rings. The van der Waals surface area contributed by atoms with Gasteiger partial charge in [-0.1, -0.05) is 121 Å². The van der Waals surface area contributed by atoms with Crippen molar-refractivity contribution in [1.82, 2.24) is 19.6 Å². The molecule has 5 aromatic rings. The first kappa shape index (κ1) is 64.6. The van der Waals surface area contributed by atoms with Gasteiger partial charge < -0.3 is 43.5 Å². The van der Waals surface area contributed by atoms with Gasteiger partial charge in [-0.05, 0) is 171 Å². The molecule has 0 saturated carbocycles. The van der Waals surface area contributed by atoms with Crippen molar-refractivity contribution in [3.8, 4) is 0 Å². The largest absolute Gasteiger partial charge is 0.444 e. The Morgan fingerprint density at radius 1 is 0.432 bits per heavy atom. The minimum Gasteiger partial charge on any atom is -0.444 e. The number of hydrogen-bond acceptors (Lipinski definition) is 13. The number of aldehydes is 3. The Morgan fingerprint density at radius 2 is 0.727 bits per heavy atom. The standard InChI is InChI=1S/2C15H21NO3.2C15H19NO3.C11H12O/c4*1-15(2,3)19-14(18)16-9-12-7-5-4-6-11(12)8-13(16)10-17;12-8-9-5-6-10-3-1-2-4-11(10)7-9/h2*4-7,13,17H,8-10H2,1-3H3;2*4-7,10,13H,8-9H2,1-3H3;1-4,8-9H,5-7H2/i10D;;10D;;8D. The molecule has 0 fully saturated rings. The number of ether oxygens (including phenoxy) is 4. The van der Waals surface area contributed by atoms with Crippen LogP contribution in [0, 0.1) is 5.92 Å². The highest BCUT2D eigenvalue weighted by molar-refractivity contribution is 5.76. The van der Waals surface area contributed by atoms with E-state index in [-0.39, 0.29) is 24.7 Å². The molecule has 17 heteroatoms. The highest BCUT2D eigenvalue weighted by Gasteiger charge is 2.36. The average molecular weight is 1210 g/mol. The maximum Gasteiger partial charge on any atom is 0.411 e. The van der Waals surface area contributed by atoms with Crippen LogP contribution in [0.1, 0.15) is 149 Å². The number of carbonyl (C=O) groups excluding carboxylic acids is 7. The summed E-state index contributed by atoms with van der Waals surface area (Å²) in [6.45, 7) is 21.9. The van der Waals surface area contributed by atoms with Crippen LogP contribution in [0.5, 0.6) is 0 Å². The van der Waals surface area contributed by atoms with Crippen LogP contribution >= 0.6 is 0 Å².